The number of hydrogen-bond donors (Lipinski definition) is 2. The predicted octanol–water partition coefficient (Wildman–Crippen LogP) is 1.95. The molecular weight excluding hydrogens is 228 g/mol. The van der Waals surface area contributed by atoms with Gasteiger partial charge in [0, 0.05) is 12.1 Å². The third-order valence-corrected chi connectivity index (χ3v) is 3.12. The van der Waals surface area contributed by atoms with Crippen molar-refractivity contribution >= 4 is 5.82 Å². The second-order valence-corrected chi connectivity index (χ2v) is 5.11. The number of nitrogens with two attached hydrogens (primary N) is 1. The third-order valence-electron chi connectivity index (χ3n) is 3.12. The predicted molar refractivity (Wildman–Crippen MR) is 71.7 cm³/mol. The van der Waals surface area contributed by atoms with Gasteiger partial charge in [0.25, 0.3) is 0 Å². The molecule has 1 aromatic heterocycles. The number of ether oxygens (including phenoxy) is 1. The van der Waals surface area contributed by atoms with E-state index in [1.54, 1.807) is 12.4 Å². The molecule has 3 N–H and O–H groups in total. The minimum Gasteiger partial charge on any atom is -0.474 e. The highest BCUT2D eigenvalue weighted by atomic mass is 16.5. The highest BCUT2D eigenvalue weighted by Crippen LogP contribution is 2.20. The van der Waals surface area contributed by atoms with Crippen LogP contribution in [0.15, 0.2) is 12.4 Å². The fourth-order valence-electron chi connectivity index (χ4n) is 2.24. The Morgan fingerprint density at radius 1 is 1.33 bits per heavy atom. The summed E-state index contributed by atoms with van der Waals surface area (Å²) in [6.45, 7) is 3.94. The molecule has 5 heteroatoms. The van der Waals surface area contributed by atoms with Gasteiger partial charge in [-0.3, -0.25) is 4.98 Å². The van der Waals surface area contributed by atoms with Crippen LogP contribution in [0.25, 0.3) is 0 Å². The van der Waals surface area contributed by atoms with E-state index in [1.165, 1.54) is 12.8 Å². The molecule has 0 saturated heterocycles. The first-order valence-corrected chi connectivity index (χ1v) is 6.66. The Balaban J connectivity index is 1.99. The van der Waals surface area contributed by atoms with Crippen LogP contribution in [0.5, 0.6) is 5.88 Å². The minimum absolute atomic E-state index is 0.103. The molecular formula is C13H22N4O. The monoisotopic (exact) mass is 250 g/mol. The number of anilines is 1. The van der Waals surface area contributed by atoms with Crippen molar-refractivity contribution in [2.24, 2.45) is 5.73 Å². The summed E-state index contributed by atoms with van der Waals surface area (Å²) in [6.07, 6.45) is 8.07. The Bertz CT molecular complexity index is 383. The van der Waals surface area contributed by atoms with Crippen molar-refractivity contribution in [1.82, 2.24) is 9.97 Å². The van der Waals surface area contributed by atoms with Gasteiger partial charge < -0.3 is 15.8 Å². The molecule has 0 aliphatic heterocycles. The fraction of sp³-hybridized carbons (Fsp3) is 0.692. The summed E-state index contributed by atoms with van der Waals surface area (Å²) in [5, 5.41) is 3.37. The lowest BCUT2D eigenvalue weighted by Crippen LogP contribution is -2.42. The Hall–Kier alpha value is -1.36. The summed E-state index contributed by atoms with van der Waals surface area (Å²) in [7, 11) is 0. The van der Waals surface area contributed by atoms with E-state index in [2.05, 4.69) is 15.3 Å². The molecule has 0 bridgehead atoms. The molecule has 1 saturated carbocycles. The van der Waals surface area contributed by atoms with Crippen LogP contribution < -0.4 is 15.8 Å². The Morgan fingerprint density at radius 2 is 2.11 bits per heavy atom. The fourth-order valence-corrected chi connectivity index (χ4v) is 2.24. The van der Waals surface area contributed by atoms with Gasteiger partial charge in [-0.2, -0.15) is 4.98 Å². The molecule has 0 amide bonds. The third kappa shape index (κ3) is 3.57. The van der Waals surface area contributed by atoms with Crippen LogP contribution in [0, 0.1) is 0 Å². The van der Waals surface area contributed by atoms with Gasteiger partial charge >= 0.3 is 0 Å². The first-order valence-electron chi connectivity index (χ1n) is 6.66. The van der Waals surface area contributed by atoms with Crippen LogP contribution in [0.3, 0.4) is 0 Å². The molecule has 0 unspecified atom stereocenters. The van der Waals surface area contributed by atoms with E-state index < -0.39 is 0 Å². The zero-order valence-electron chi connectivity index (χ0n) is 11.1. The van der Waals surface area contributed by atoms with Gasteiger partial charge in [0.1, 0.15) is 5.82 Å². The first kappa shape index (κ1) is 13.1. The van der Waals surface area contributed by atoms with Crippen LogP contribution >= 0.6 is 0 Å². The average molecular weight is 250 g/mol. The van der Waals surface area contributed by atoms with Gasteiger partial charge in [0.15, 0.2) is 0 Å². The molecule has 1 aliphatic carbocycles. The van der Waals surface area contributed by atoms with Crippen molar-refractivity contribution < 1.29 is 4.74 Å². The van der Waals surface area contributed by atoms with Crippen molar-refractivity contribution in [3.63, 3.8) is 0 Å². The summed E-state index contributed by atoms with van der Waals surface area (Å²) in [5.41, 5.74) is 6.10. The van der Waals surface area contributed by atoms with Crippen LogP contribution in [0.4, 0.5) is 5.82 Å². The smallest absolute Gasteiger partial charge is 0.234 e. The SMILES string of the molecule is CC(C)Oc1cncc(N[C@@H]2CCCC[C@H]2N)n1. The molecule has 18 heavy (non-hydrogen) atoms. The van der Waals surface area contributed by atoms with E-state index in [1.807, 2.05) is 13.8 Å². The lowest BCUT2D eigenvalue weighted by Gasteiger charge is -2.29. The van der Waals surface area contributed by atoms with Gasteiger partial charge in [-0.05, 0) is 26.7 Å². The van der Waals surface area contributed by atoms with E-state index in [0.29, 0.717) is 11.9 Å². The zero-order valence-corrected chi connectivity index (χ0v) is 11.1. The summed E-state index contributed by atoms with van der Waals surface area (Å²) < 4.78 is 5.53. The van der Waals surface area contributed by atoms with E-state index in [4.69, 9.17) is 10.5 Å². The van der Waals surface area contributed by atoms with Crippen LogP contribution in [0.1, 0.15) is 39.5 Å². The topological polar surface area (TPSA) is 73.1 Å². The number of nitrogens with one attached hydrogen (secondary N) is 1. The lowest BCUT2D eigenvalue weighted by atomic mass is 9.91. The number of aromatic nitrogens is 2. The molecule has 0 aromatic carbocycles. The van der Waals surface area contributed by atoms with Gasteiger partial charge in [-0.15, -0.1) is 0 Å². The van der Waals surface area contributed by atoms with Crippen LogP contribution in [0.2, 0.25) is 0 Å². The number of rotatable bonds is 4. The van der Waals surface area contributed by atoms with Crippen LogP contribution in [-0.2, 0) is 0 Å². The molecule has 5 nitrogen and oxygen atoms in total. The average Bonchev–Trinajstić information content (AvgIpc) is 2.32. The van der Waals surface area contributed by atoms with Crippen molar-refractivity contribution in [2.45, 2.75) is 57.7 Å². The maximum absolute atomic E-state index is 6.10. The standard InChI is InChI=1S/C13H22N4O/c1-9(2)18-13-8-15-7-12(17-13)16-11-6-4-3-5-10(11)14/h7-11H,3-6,14H2,1-2H3,(H,16,17)/t10-,11-/m1/s1. The summed E-state index contributed by atoms with van der Waals surface area (Å²) in [6, 6.07) is 0.498. The number of hydrogen-bond acceptors (Lipinski definition) is 5. The van der Waals surface area contributed by atoms with Crippen molar-refractivity contribution in [3.05, 3.63) is 12.4 Å². The quantitative estimate of drug-likeness (QED) is 0.854. The summed E-state index contributed by atoms with van der Waals surface area (Å²) in [5.74, 6) is 1.30. The lowest BCUT2D eigenvalue weighted by molar-refractivity contribution is 0.232. The normalized spacial score (nSPS) is 24.0. The minimum atomic E-state index is 0.103. The number of nitrogens with zero attached hydrogens (tertiary/aromatic N) is 2. The summed E-state index contributed by atoms with van der Waals surface area (Å²) in [4.78, 5) is 8.53. The molecule has 1 fully saturated rings. The molecule has 2 atom stereocenters. The highest BCUT2D eigenvalue weighted by molar-refractivity contribution is 5.35. The molecule has 0 radical (unpaired) electrons. The van der Waals surface area contributed by atoms with Gasteiger partial charge in [0.2, 0.25) is 5.88 Å². The molecule has 100 valence electrons. The van der Waals surface area contributed by atoms with E-state index >= 15 is 0 Å². The van der Waals surface area contributed by atoms with E-state index in [0.717, 1.165) is 18.7 Å². The second-order valence-electron chi connectivity index (χ2n) is 5.11. The molecule has 0 spiro atoms. The zero-order chi connectivity index (χ0) is 13.0. The molecule has 2 rings (SSSR count). The van der Waals surface area contributed by atoms with Crippen molar-refractivity contribution in [2.75, 3.05) is 5.32 Å². The Labute approximate surface area is 108 Å². The molecule has 1 aliphatic rings. The van der Waals surface area contributed by atoms with Gasteiger partial charge in [-0.25, -0.2) is 0 Å². The van der Waals surface area contributed by atoms with Crippen molar-refractivity contribution in [3.8, 4) is 5.88 Å². The Morgan fingerprint density at radius 3 is 2.83 bits per heavy atom. The van der Waals surface area contributed by atoms with Gasteiger partial charge in [0.05, 0.1) is 18.5 Å². The maximum Gasteiger partial charge on any atom is 0.234 e. The second kappa shape index (κ2) is 6.00. The largest absolute Gasteiger partial charge is 0.474 e. The van der Waals surface area contributed by atoms with Crippen molar-refractivity contribution in [1.29, 1.82) is 0 Å². The van der Waals surface area contributed by atoms with Gasteiger partial charge in [-0.1, -0.05) is 12.8 Å². The van der Waals surface area contributed by atoms with E-state index in [-0.39, 0.29) is 12.1 Å². The molecule has 1 heterocycles. The van der Waals surface area contributed by atoms with E-state index in [9.17, 15) is 0 Å². The maximum atomic E-state index is 6.10. The highest BCUT2D eigenvalue weighted by Gasteiger charge is 2.21. The molecule has 1 aromatic rings. The first-order chi connectivity index (χ1) is 8.65. The van der Waals surface area contributed by atoms with Crippen LogP contribution in [-0.4, -0.2) is 28.2 Å². The Kier molecular flexibility index (Phi) is 4.36. The summed E-state index contributed by atoms with van der Waals surface area (Å²) >= 11 is 0.